The highest BCUT2D eigenvalue weighted by atomic mass is 16.2. The van der Waals surface area contributed by atoms with Crippen molar-refractivity contribution in [2.75, 3.05) is 25.5 Å². The van der Waals surface area contributed by atoms with Crippen LogP contribution < -0.4 is 10.6 Å². The third-order valence-electron chi connectivity index (χ3n) is 3.16. The summed E-state index contributed by atoms with van der Waals surface area (Å²) in [4.78, 5) is 25.0. The van der Waals surface area contributed by atoms with Crippen LogP contribution in [0.4, 0.5) is 5.69 Å². The first kappa shape index (κ1) is 13.5. The van der Waals surface area contributed by atoms with Crippen molar-refractivity contribution < 1.29 is 9.59 Å². The summed E-state index contributed by atoms with van der Waals surface area (Å²) in [6.45, 7) is 1.52. The second kappa shape index (κ2) is 6.33. The van der Waals surface area contributed by atoms with Crippen molar-refractivity contribution in [3.05, 3.63) is 29.8 Å². The van der Waals surface area contributed by atoms with E-state index in [4.69, 9.17) is 0 Å². The van der Waals surface area contributed by atoms with Gasteiger partial charge in [-0.25, -0.2) is 0 Å². The second-order valence-corrected chi connectivity index (χ2v) is 4.65. The zero-order valence-electron chi connectivity index (χ0n) is 11.1. The molecule has 1 aromatic carbocycles. The normalized spacial score (nSPS) is 14.8. The van der Waals surface area contributed by atoms with E-state index in [1.165, 1.54) is 0 Å². The molecule has 0 radical (unpaired) electrons. The molecule has 5 heteroatoms. The molecule has 1 saturated heterocycles. The Bertz CT molecular complexity index is 474. The lowest BCUT2D eigenvalue weighted by molar-refractivity contribution is -0.131. The maximum absolute atomic E-state index is 11.9. The number of carbonyl (C=O) groups excluding carboxylic acids is 2. The molecule has 0 bridgehead atoms. The maximum atomic E-state index is 11.9. The van der Waals surface area contributed by atoms with Gasteiger partial charge in [0, 0.05) is 25.2 Å². The van der Waals surface area contributed by atoms with Crippen LogP contribution in [0, 0.1) is 0 Å². The summed E-state index contributed by atoms with van der Waals surface area (Å²) >= 11 is 0. The van der Waals surface area contributed by atoms with Gasteiger partial charge in [0.2, 0.25) is 11.8 Å². The topological polar surface area (TPSA) is 61.4 Å². The number of nitrogens with one attached hydrogen (secondary N) is 2. The lowest BCUT2D eigenvalue weighted by Crippen LogP contribution is -2.34. The smallest absolute Gasteiger partial charge is 0.244 e. The fourth-order valence-electron chi connectivity index (χ4n) is 2.22. The van der Waals surface area contributed by atoms with Crippen molar-refractivity contribution in [3.63, 3.8) is 0 Å². The molecule has 1 aliphatic heterocycles. The van der Waals surface area contributed by atoms with Crippen LogP contribution in [-0.2, 0) is 16.1 Å². The van der Waals surface area contributed by atoms with E-state index in [9.17, 15) is 9.59 Å². The van der Waals surface area contributed by atoms with Crippen LogP contribution in [0.5, 0.6) is 0 Å². The predicted molar refractivity (Wildman–Crippen MR) is 73.6 cm³/mol. The Hall–Kier alpha value is -1.88. The standard InChI is InChI=1S/C14H19N3O2/c1-15-9-11-5-2-3-6-12(11)16-13(18)10-17-8-4-7-14(17)19/h2-3,5-6,15H,4,7-10H2,1H3,(H,16,18). The van der Waals surface area contributed by atoms with E-state index in [1.807, 2.05) is 31.3 Å². The largest absolute Gasteiger partial charge is 0.333 e. The van der Waals surface area contributed by atoms with Crippen molar-refractivity contribution in [1.82, 2.24) is 10.2 Å². The van der Waals surface area contributed by atoms with Gasteiger partial charge in [-0.05, 0) is 25.1 Å². The van der Waals surface area contributed by atoms with Gasteiger partial charge >= 0.3 is 0 Å². The van der Waals surface area contributed by atoms with E-state index in [1.54, 1.807) is 4.90 Å². The number of hydrogen-bond donors (Lipinski definition) is 2. The van der Waals surface area contributed by atoms with E-state index < -0.39 is 0 Å². The molecular weight excluding hydrogens is 242 g/mol. The Balaban J connectivity index is 1.96. The number of nitrogens with zero attached hydrogens (tertiary/aromatic N) is 1. The van der Waals surface area contributed by atoms with Gasteiger partial charge in [0.25, 0.3) is 0 Å². The third-order valence-corrected chi connectivity index (χ3v) is 3.16. The monoisotopic (exact) mass is 261 g/mol. The van der Waals surface area contributed by atoms with Gasteiger partial charge in [-0.2, -0.15) is 0 Å². The summed E-state index contributed by atoms with van der Waals surface area (Å²) < 4.78 is 0. The second-order valence-electron chi connectivity index (χ2n) is 4.65. The molecule has 2 rings (SSSR count). The average molecular weight is 261 g/mol. The minimum absolute atomic E-state index is 0.0682. The van der Waals surface area contributed by atoms with Crippen molar-refractivity contribution in [1.29, 1.82) is 0 Å². The van der Waals surface area contributed by atoms with Crippen molar-refractivity contribution in [2.24, 2.45) is 0 Å². The summed E-state index contributed by atoms with van der Waals surface area (Å²) in [7, 11) is 1.86. The predicted octanol–water partition coefficient (Wildman–Crippen LogP) is 0.967. The zero-order valence-corrected chi connectivity index (χ0v) is 11.1. The molecule has 2 N–H and O–H groups in total. The van der Waals surface area contributed by atoms with Crippen LogP contribution in [0.1, 0.15) is 18.4 Å². The Kier molecular flexibility index (Phi) is 4.52. The summed E-state index contributed by atoms with van der Waals surface area (Å²) in [5.41, 5.74) is 1.83. The SMILES string of the molecule is CNCc1ccccc1NC(=O)CN1CCCC1=O. The summed E-state index contributed by atoms with van der Waals surface area (Å²) in [6.07, 6.45) is 1.41. The van der Waals surface area contributed by atoms with Gasteiger partial charge in [-0.3, -0.25) is 9.59 Å². The Morgan fingerprint density at radius 3 is 2.84 bits per heavy atom. The van der Waals surface area contributed by atoms with Gasteiger partial charge in [-0.15, -0.1) is 0 Å². The molecule has 0 aromatic heterocycles. The van der Waals surface area contributed by atoms with Gasteiger partial charge in [0.15, 0.2) is 0 Å². The highest BCUT2D eigenvalue weighted by Crippen LogP contribution is 2.15. The minimum atomic E-state index is -0.140. The number of carbonyl (C=O) groups is 2. The van der Waals surface area contributed by atoms with Crippen molar-refractivity contribution in [3.8, 4) is 0 Å². The zero-order chi connectivity index (χ0) is 13.7. The van der Waals surface area contributed by atoms with Gasteiger partial charge in [0.1, 0.15) is 0 Å². The van der Waals surface area contributed by atoms with E-state index in [-0.39, 0.29) is 18.4 Å². The molecule has 102 valence electrons. The molecule has 5 nitrogen and oxygen atoms in total. The van der Waals surface area contributed by atoms with Crippen LogP contribution in [-0.4, -0.2) is 36.9 Å². The van der Waals surface area contributed by atoms with Gasteiger partial charge < -0.3 is 15.5 Å². The fourth-order valence-corrected chi connectivity index (χ4v) is 2.22. The minimum Gasteiger partial charge on any atom is -0.333 e. The molecule has 0 aliphatic carbocycles. The highest BCUT2D eigenvalue weighted by molar-refractivity contribution is 5.95. The van der Waals surface area contributed by atoms with Crippen LogP contribution in [0.3, 0.4) is 0 Å². The molecule has 0 saturated carbocycles. The van der Waals surface area contributed by atoms with Crippen molar-refractivity contribution in [2.45, 2.75) is 19.4 Å². The first-order valence-electron chi connectivity index (χ1n) is 6.51. The van der Waals surface area contributed by atoms with E-state index in [2.05, 4.69) is 10.6 Å². The third kappa shape index (κ3) is 3.54. The summed E-state index contributed by atoms with van der Waals surface area (Å²) in [6, 6.07) is 7.66. The summed E-state index contributed by atoms with van der Waals surface area (Å²) in [5, 5.41) is 5.93. The Labute approximate surface area is 113 Å². The quantitative estimate of drug-likeness (QED) is 0.830. The molecule has 0 atom stereocenters. The van der Waals surface area contributed by atoms with Crippen LogP contribution in [0.25, 0.3) is 0 Å². The van der Waals surface area contributed by atoms with Crippen LogP contribution in [0.15, 0.2) is 24.3 Å². The molecule has 2 amide bonds. The maximum Gasteiger partial charge on any atom is 0.244 e. The van der Waals surface area contributed by atoms with Crippen LogP contribution in [0.2, 0.25) is 0 Å². The van der Waals surface area contributed by atoms with E-state index in [0.717, 1.165) is 17.7 Å². The Morgan fingerprint density at radius 2 is 2.16 bits per heavy atom. The number of hydrogen-bond acceptors (Lipinski definition) is 3. The number of amides is 2. The highest BCUT2D eigenvalue weighted by Gasteiger charge is 2.22. The fraction of sp³-hybridized carbons (Fsp3) is 0.429. The first-order valence-corrected chi connectivity index (χ1v) is 6.51. The lowest BCUT2D eigenvalue weighted by Gasteiger charge is -2.16. The number of para-hydroxylation sites is 1. The molecular formula is C14H19N3O2. The molecule has 1 fully saturated rings. The molecule has 0 spiro atoms. The molecule has 0 unspecified atom stereocenters. The number of benzene rings is 1. The van der Waals surface area contributed by atoms with Crippen LogP contribution >= 0.6 is 0 Å². The molecule has 1 aliphatic rings. The van der Waals surface area contributed by atoms with Crippen molar-refractivity contribution >= 4 is 17.5 Å². The van der Waals surface area contributed by atoms with Gasteiger partial charge in [-0.1, -0.05) is 18.2 Å². The Morgan fingerprint density at radius 1 is 1.37 bits per heavy atom. The van der Waals surface area contributed by atoms with E-state index >= 15 is 0 Å². The number of rotatable bonds is 5. The average Bonchev–Trinajstić information content (AvgIpc) is 2.78. The molecule has 19 heavy (non-hydrogen) atoms. The van der Waals surface area contributed by atoms with Gasteiger partial charge in [0.05, 0.1) is 6.54 Å². The van der Waals surface area contributed by atoms with E-state index in [0.29, 0.717) is 19.5 Å². The molecule has 1 heterocycles. The number of anilines is 1. The lowest BCUT2D eigenvalue weighted by atomic mass is 10.1. The molecule has 1 aromatic rings. The first-order chi connectivity index (χ1) is 9.20. The number of likely N-dealkylation sites (tertiary alicyclic amines) is 1. The summed E-state index contributed by atoms with van der Waals surface area (Å²) in [5.74, 6) is -0.0718.